The van der Waals surface area contributed by atoms with Gasteiger partial charge in [-0.15, -0.1) is 0 Å². The molecule has 0 amide bonds. The zero-order valence-corrected chi connectivity index (χ0v) is 27.4. The van der Waals surface area contributed by atoms with Gasteiger partial charge in [-0.3, -0.25) is 19.6 Å². The van der Waals surface area contributed by atoms with Crippen LogP contribution in [0.5, 0.6) is 5.88 Å². The van der Waals surface area contributed by atoms with E-state index in [1.807, 2.05) is 4.90 Å². The molecule has 4 heterocycles. The maximum Gasteiger partial charge on any atom is 0.416 e. The van der Waals surface area contributed by atoms with Gasteiger partial charge in [-0.2, -0.15) is 13.2 Å². The van der Waals surface area contributed by atoms with E-state index in [-0.39, 0.29) is 54.1 Å². The number of likely N-dealkylation sites (tertiary alicyclic amines) is 1. The van der Waals surface area contributed by atoms with E-state index in [1.165, 1.54) is 7.11 Å². The fourth-order valence-corrected chi connectivity index (χ4v) is 6.75. The standard InChI is InChI=1S/C34H32Cl2F3N5O4/c1-48-33-29(18-44-15-20(46)16-44)40-14-27(42-33)24-7-3-6-22(32(24)36)21-5-2-4-19(31(21)35)12-30(47)26-13-25(34(37,38)39)23-8-9-43(10-11-45)17-28(23)41-26/h2-7,13-14,20,45-46H,8-12,15-18H2,1H3. The lowest BCUT2D eigenvalue weighted by Crippen LogP contribution is -2.50. The second kappa shape index (κ2) is 14.1. The molecule has 2 aliphatic rings. The van der Waals surface area contributed by atoms with Gasteiger partial charge >= 0.3 is 6.18 Å². The summed E-state index contributed by atoms with van der Waals surface area (Å²) in [4.78, 5) is 30.8. The molecule has 1 saturated heterocycles. The van der Waals surface area contributed by atoms with Crippen LogP contribution < -0.4 is 4.74 Å². The number of carbonyl (C=O) groups is 1. The minimum atomic E-state index is -4.66. The number of hydrogen-bond acceptors (Lipinski definition) is 9. The number of Topliss-reactive ketones (excluding diaryl/α,β-unsaturated/α-hetero) is 1. The van der Waals surface area contributed by atoms with E-state index in [2.05, 4.69) is 15.0 Å². The molecule has 1 fully saturated rings. The lowest BCUT2D eigenvalue weighted by Gasteiger charge is -2.35. The van der Waals surface area contributed by atoms with Gasteiger partial charge in [0.05, 0.1) is 53.0 Å². The van der Waals surface area contributed by atoms with E-state index in [9.17, 15) is 28.2 Å². The number of fused-ring (bicyclic) bond motifs is 1. The van der Waals surface area contributed by atoms with Crippen molar-refractivity contribution in [2.45, 2.75) is 38.2 Å². The Bertz CT molecular complexity index is 1850. The highest BCUT2D eigenvalue weighted by Gasteiger charge is 2.37. The van der Waals surface area contributed by atoms with Crippen LogP contribution in [0.3, 0.4) is 0 Å². The number of alkyl halides is 3. The van der Waals surface area contributed by atoms with Crippen molar-refractivity contribution in [3.63, 3.8) is 0 Å². The molecule has 2 N–H and O–H groups in total. The second-order valence-electron chi connectivity index (χ2n) is 11.8. The van der Waals surface area contributed by atoms with Crippen LogP contribution in [0.25, 0.3) is 22.4 Å². The van der Waals surface area contributed by atoms with Gasteiger partial charge in [-0.1, -0.05) is 59.6 Å². The molecular weight excluding hydrogens is 670 g/mol. The monoisotopic (exact) mass is 701 g/mol. The van der Waals surface area contributed by atoms with Crippen molar-refractivity contribution in [3.05, 3.63) is 92.5 Å². The normalized spacial score (nSPS) is 15.7. The molecule has 2 aromatic carbocycles. The molecule has 0 radical (unpaired) electrons. The first-order valence-corrected chi connectivity index (χ1v) is 16.1. The molecule has 48 heavy (non-hydrogen) atoms. The first-order chi connectivity index (χ1) is 23.0. The number of nitrogens with zero attached hydrogens (tertiary/aromatic N) is 5. The molecule has 6 rings (SSSR count). The summed E-state index contributed by atoms with van der Waals surface area (Å²) in [5.74, 6) is -0.281. The summed E-state index contributed by atoms with van der Waals surface area (Å²) in [6.45, 7) is 2.19. The number of halogens is 5. The van der Waals surface area contributed by atoms with Crippen LogP contribution in [-0.2, 0) is 32.1 Å². The fraction of sp³-hybridized carbons (Fsp3) is 0.353. The summed E-state index contributed by atoms with van der Waals surface area (Å²) in [6.07, 6.45) is -3.58. The first-order valence-electron chi connectivity index (χ1n) is 15.3. The molecule has 252 valence electrons. The van der Waals surface area contributed by atoms with E-state index in [4.69, 9.17) is 27.9 Å². The van der Waals surface area contributed by atoms with Crippen molar-refractivity contribution in [2.24, 2.45) is 0 Å². The van der Waals surface area contributed by atoms with E-state index >= 15 is 0 Å². The number of rotatable bonds is 10. The number of aliphatic hydroxyl groups excluding tert-OH is 2. The lowest BCUT2D eigenvalue weighted by molar-refractivity contribution is -0.138. The summed E-state index contributed by atoms with van der Waals surface area (Å²) in [5, 5.41) is 19.5. The zero-order chi connectivity index (χ0) is 34.2. The molecule has 9 nitrogen and oxygen atoms in total. The van der Waals surface area contributed by atoms with Gasteiger partial charge in [0.2, 0.25) is 5.88 Å². The zero-order valence-electron chi connectivity index (χ0n) is 25.9. The average Bonchev–Trinajstić information content (AvgIpc) is 3.04. The predicted molar refractivity (Wildman–Crippen MR) is 174 cm³/mol. The topological polar surface area (TPSA) is 112 Å². The van der Waals surface area contributed by atoms with E-state index < -0.39 is 17.5 Å². The third kappa shape index (κ3) is 7.05. The summed E-state index contributed by atoms with van der Waals surface area (Å²) in [5.41, 5.74) is 2.24. The molecule has 0 aliphatic carbocycles. The lowest BCUT2D eigenvalue weighted by atomic mass is 9.95. The van der Waals surface area contributed by atoms with Gasteiger partial charge in [0.1, 0.15) is 11.4 Å². The van der Waals surface area contributed by atoms with Gasteiger partial charge < -0.3 is 14.9 Å². The number of ketones is 1. The quantitative estimate of drug-likeness (QED) is 0.207. The molecule has 14 heteroatoms. The average molecular weight is 703 g/mol. The van der Waals surface area contributed by atoms with Crippen LogP contribution in [0.1, 0.15) is 38.6 Å². The molecule has 4 aromatic rings. The Hall–Kier alpha value is -3.65. The van der Waals surface area contributed by atoms with Crippen molar-refractivity contribution in [1.29, 1.82) is 0 Å². The van der Waals surface area contributed by atoms with Crippen molar-refractivity contribution in [2.75, 3.05) is 39.9 Å². The van der Waals surface area contributed by atoms with Crippen molar-refractivity contribution in [1.82, 2.24) is 24.8 Å². The number of aliphatic hydroxyl groups is 2. The van der Waals surface area contributed by atoms with Crippen LogP contribution in [0.4, 0.5) is 13.2 Å². The molecule has 0 spiro atoms. The predicted octanol–water partition coefficient (Wildman–Crippen LogP) is 5.49. The van der Waals surface area contributed by atoms with Crippen LogP contribution in [-0.4, -0.2) is 86.7 Å². The third-order valence-corrected chi connectivity index (χ3v) is 9.43. The third-order valence-electron chi connectivity index (χ3n) is 8.58. The summed E-state index contributed by atoms with van der Waals surface area (Å²) in [7, 11) is 1.50. The number of pyridine rings is 1. The number of benzene rings is 2. The van der Waals surface area contributed by atoms with Crippen LogP contribution in [0.2, 0.25) is 10.0 Å². The fourth-order valence-electron chi connectivity index (χ4n) is 6.13. The van der Waals surface area contributed by atoms with Crippen molar-refractivity contribution >= 4 is 29.0 Å². The number of carbonyl (C=O) groups excluding carboxylic acids is 1. The molecule has 2 aromatic heterocycles. The van der Waals surface area contributed by atoms with Gasteiger partial charge in [-0.05, 0) is 23.6 Å². The van der Waals surface area contributed by atoms with Gasteiger partial charge in [-0.25, -0.2) is 9.97 Å². The van der Waals surface area contributed by atoms with Gasteiger partial charge in [0, 0.05) is 62.4 Å². The minimum absolute atomic E-state index is 0.0794. The Morgan fingerprint density at radius 3 is 2.44 bits per heavy atom. The number of aromatic nitrogens is 3. The van der Waals surface area contributed by atoms with Crippen molar-refractivity contribution < 1.29 is 32.9 Å². The minimum Gasteiger partial charge on any atom is -0.480 e. The second-order valence-corrected chi connectivity index (χ2v) is 12.6. The van der Waals surface area contributed by atoms with Crippen molar-refractivity contribution in [3.8, 4) is 28.3 Å². The molecule has 0 atom stereocenters. The Morgan fingerprint density at radius 1 is 1.04 bits per heavy atom. The van der Waals surface area contributed by atoms with Crippen LogP contribution in [0.15, 0.2) is 48.7 Å². The van der Waals surface area contributed by atoms with Gasteiger partial charge in [0.15, 0.2) is 5.78 Å². The van der Waals surface area contributed by atoms with Crippen LogP contribution >= 0.6 is 23.2 Å². The molecule has 2 aliphatic heterocycles. The summed E-state index contributed by atoms with van der Waals surface area (Å²) >= 11 is 13.8. The number of β-amino-alcohol motifs (C(OH)–C–C–N with tert-alkyl or cyclic N) is 2. The Labute approximate surface area is 284 Å². The Morgan fingerprint density at radius 2 is 1.75 bits per heavy atom. The maximum absolute atomic E-state index is 14.1. The summed E-state index contributed by atoms with van der Waals surface area (Å²) in [6, 6.07) is 11.2. The largest absolute Gasteiger partial charge is 0.480 e. The van der Waals surface area contributed by atoms with E-state index in [1.54, 1.807) is 47.5 Å². The number of hydrogen-bond donors (Lipinski definition) is 2. The molecule has 0 bridgehead atoms. The summed E-state index contributed by atoms with van der Waals surface area (Å²) < 4.78 is 47.7. The van der Waals surface area contributed by atoms with E-state index in [0.717, 1.165) is 6.07 Å². The highest BCUT2D eigenvalue weighted by Crippen LogP contribution is 2.41. The Balaban J connectivity index is 1.28. The molecular formula is C34H32Cl2F3N5O4. The van der Waals surface area contributed by atoms with Crippen LogP contribution in [0, 0.1) is 0 Å². The Kier molecular flexibility index (Phi) is 10.0. The molecule has 0 unspecified atom stereocenters. The highest BCUT2D eigenvalue weighted by atomic mass is 35.5. The number of methoxy groups -OCH3 is 1. The first kappa shape index (κ1) is 34.2. The SMILES string of the molecule is COc1nc(-c2cccc(-c3cccc(CC(=O)c4cc(C(F)(F)F)c5c(n4)CN(CCO)CC5)c3Cl)c2Cl)cnc1CN1CC(O)C1. The maximum atomic E-state index is 14.1. The number of ether oxygens (including phenoxy) is 1. The smallest absolute Gasteiger partial charge is 0.416 e. The highest BCUT2D eigenvalue weighted by molar-refractivity contribution is 6.38. The van der Waals surface area contributed by atoms with Gasteiger partial charge in [0.25, 0.3) is 0 Å². The molecule has 0 saturated carbocycles. The van der Waals surface area contributed by atoms with E-state index in [0.29, 0.717) is 77.3 Å².